The van der Waals surface area contributed by atoms with Crippen molar-refractivity contribution in [2.45, 2.75) is 26.2 Å². The van der Waals surface area contributed by atoms with Crippen LogP contribution < -0.4 is 5.32 Å². The number of rotatable bonds is 8. The largest absolute Gasteiger partial charge is 0.381 e. The van der Waals surface area contributed by atoms with E-state index < -0.39 is 4.92 Å². The lowest BCUT2D eigenvalue weighted by Crippen LogP contribution is -2.26. The van der Waals surface area contributed by atoms with Gasteiger partial charge in [-0.15, -0.1) is 0 Å². The van der Waals surface area contributed by atoms with Crippen LogP contribution in [0.5, 0.6) is 0 Å². The van der Waals surface area contributed by atoms with Crippen LogP contribution in [-0.2, 0) is 4.74 Å². The summed E-state index contributed by atoms with van der Waals surface area (Å²) in [4.78, 5) is 22.4. The summed E-state index contributed by atoms with van der Waals surface area (Å²) in [5.74, 6) is 0.463. The fourth-order valence-electron chi connectivity index (χ4n) is 2.07. The summed E-state index contributed by atoms with van der Waals surface area (Å²) < 4.78 is 5.48. The highest BCUT2D eigenvalue weighted by atomic mass is 16.6. The Hall–Kier alpha value is -1.95. The van der Waals surface area contributed by atoms with E-state index in [-0.39, 0.29) is 11.6 Å². The van der Waals surface area contributed by atoms with Gasteiger partial charge in [-0.1, -0.05) is 6.07 Å². The van der Waals surface area contributed by atoms with Crippen molar-refractivity contribution in [3.05, 3.63) is 39.4 Å². The molecule has 1 aliphatic rings. The normalized spacial score (nSPS) is 14.0. The zero-order valence-electron chi connectivity index (χ0n) is 12.1. The predicted molar refractivity (Wildman–Crippen MR) is 78.3 cm³/mol. The smallest absolute Gasteiger partial charge is 0.273 e. The third-order valence-corrected chi connectivity index (χ3v) is 3.55. The first-order valence-electron chi connectivity index (χ1n) is 7.19. The Morgan fingerprint density at radius 2 is 2.24 bits per heavy atom. The molecule has 2 rings (SSSR count). The predicted octanol–water partition coefficient (Wildman–Crippen LogP) is 2.45. The number of hydrogen-bond acceptors (Lipinski definition) is 4. The van der Waals surface area contributed by atoms with Gasteiger partial charge in [0.2, 0.25) is 0 Å². The number of ether oxygens (including phenoxy) is 1. The number of amides is 1. The topological polar surface area (TPSA) is 81.5 Å². The van der Waals surface area contributed by atoms with Crippen LogP contribution in [-0.4, -0.2) is 30.6 Å². The summed E-state index contributed by atoms with van der Waals surface area (Å²) in [5, 5.41) is 13.6. The number of nitrogens with zero attached hydrogens (tertiary/aromatic N) is 1. The van der Waals surface area contributed by atoms with Crippen LogP contribution in [0.3, 0.4) is 0 Å². The molecule has 1 fully saturated rings. The Kier molecular flexibility index (Phi) is 5.27. The summed E-state index contributed by atoms with van der Waals surface area (Å²) in [6.45, 7) is 3.54. The number of benzene rings is 1. The minimum absolute atomic E-state index is 0.0320. The van der Waals surface area contributed by atoms with Crippen LogP contribution in [0.1, 0.15) is 35.2 Å². The molecule has 0 saturated heterocycles. The van der Waals surface area contributed by atoms with Gasteiger partial charge in [0.05, 0.1) is 4.92 Å². The van der Waals surface area contributed by atoms with Gasteiger partial charge in [0.25, 0.3) is 11.6 Å². The maximum absolute atomic E-state index is 12.0. The maximum atomic E-state index is 12.0. The van der Waals surface area contributed by atoms with Gasteiger partial charge < -0.3 is 10.1 Å². The van der Waals surface area contributed by atoms with Crippen molar-refractivity contribution >= 4 is 11.6 Å². The van der Waals surface area contributed by atoms with Crippen molar-refractivity contribution in [3.8, 4) is 0 Å². The average molecular weight is 292 g/mol. The first kappa shape index (κ1) is 15.4. The molecular formula is C15H20N2O4. The fourth-order valence-corrected chi connectivity index (χ4v) is 2.07. The van der Waals surface area contributed by atoms with Crippen LogP contribution >= 0.6 is 0 Å². The van der Waals surface area contributed by atoms with E-state index in [2.05, 4.69) is 5.32 Å². The van der Waals surface area contributed by atoms with Gasteiger partial charge in [0.1, 0.15) is 0 Å². The SMILES string of the molecule is Cc1c(C(=O)NCCCOCC2CC2)cccc1[N+](=O)[O-]. The summed E-state index contributed by atoms with van der Waals surface area (Å²) >= 11 is 0. The van der Waals surface area contributed by atoms with Crippen molar-refractivity contribution in [3.63, 3.8) is 0 Å². The quantitative estimate of drug-likeness (QED) is 0.453. The maximum Gasteiger partial charge on any atom is 0.273 e. The van der Waals surface area contributed by atoms with Gasteiger partial charge in [-0.3, -0.25) is 14.9 Å². The van der Waals surface area contributed by atoms with Crippen LogP contribution in [0, 0.1) is 23.0 Å². The highest BCUT2D eigenvalue weighted by Crippen LogP contribution is 2.28. The van der Waals surface area contributed by atoms with E-state index in [1.54, 1.807) is 13.0 Å². The molecule has 21 heavy (non-hydrogen) atoms. The Labute approximate surface area is 123 Å². The third-order valence-electron chi connectivity index (χ3n) is 3.55. The van der Waals surface area contributed by atoms with Crippen molar-refractivity contribution in [1.82, 2.24) is 5.32 Å². The standard InChI is InChI=1S/C15H20N2O4/c1-11-13(4-2-5-14(11)17(19)20)15(18)16-8-3-9-21-10-12-6-7-12/h2,4-5,12H,3,6-10H2,1H3,(H,16,18). The average Bonchev–Trinajstić information content (AvgIpc) is 3.26. The zero-order chi connectivity index (χ0) is 15.2. The Morgan fingerprint density at radius 1 is 1.48 bits per heavy atom. The second-order valence-electron chi connectivity index (χ2n) is 5.33. The molecule has 0 heterocycles. The molecule has 0 radical (unpaired) electrons. The number of nitro groups is 1. The highest BCUT2D eigenvalue weighted by molar-refractivity contribution is 5.96. The number of nitro benzene ring substituents is 1. The van der Waals surface area contributed by atoms with E-state index in [0.717, 1.165) is 18.9 Å². The molecule has 6 nitrogen and oxygen atoms in total. The number of carbonyl (C=O) groups excluding carboxylic acids is 1. The second-order valence-corrected chi connectivity index (χ2v) is 5.33. The van der Waals surface area contributed by atoms with Crippen molar-refractivity contribution in [1.29, 1.82) is 0 Å². The molecule has 0 aliphatic heterocycles. The van der Waals surface area contributed by atoms with Gasteiger partial charge in [0.15, 0.2) is 0 Å². The van der Waals surface area contributed by atoms with Gasteiger partial charge >= 0.3 is 0 Å². The van der Waals surface area contributed by atoms with E-state index in [0.29, 0.717) is 24.3 Å². The molecular weight excluding hydrogens is 272 g/mol. The van der Waals surface area contributed by atoms with Gasteiger partial charge in [-0.25, -0.2) is 0 Å². The van der Waals surface area contributed by atoms with E-state index in [9.17, 15) is 14.9 Å². The van der Waals surface area contributed by atoms with Crippen LogP contribution in [0.4, 0.5) is 5.69 Å². The summed E-state index contributed by atoms with van der Waals surface area (Å²) in [5.41, 5.74) is 0.712. The summed E-state index contributed by atoms with van der Waals surface area (Å²) in [7, 11) is 0. The molecule has 0 spiro atoms. The molecule has 1 aromatic rings. The molecule has 0 aromatic heterocycles. The highest BCUT2D eigenvalue weighted by Gasteiger charge is 2.21. The lowest BCUT2D eigenvalue weighted by atomic mass is 10.1. The first-order valence-corrected chi connectivity index (χ1v) is 7.19. The molecule has 0 atom stereocenters. The number of hydrogen-bond donors (Lipinski definition) is 1. The lowest BCUT2D eigenvalue weighted by molar-refractivity contribution is -0.385. The van der Waals surface area contributed by atoms with Crippen molar-refractivity contribution < 1.29 is 14.5 Å². The van der Waals surface area contributed by atoms with E-state index in [1.807, 2.05) is 0 Å². The molecule has 0 unspecified atom stereocenters. The molecule has 6 heteroatoms. The van der Waals surface area contributed by atoms with Gasteiger partial charge in [0, 0.05) is 37.0 Å². The Morgan fingerprint density at radius 3 is 2.90 bits per heavy atom. The molecule has 1 amide bonds. The first-order chi connectivity index (χ1) is 10.1. The number of nitrogens with one attached hydrogen (secondary N) is 1. The molecule has 0 bridgehead atoms. The summed E-state index contributed by atoms with van der Waals surface area (Å²) in [6, 6.07) is 4.53. The van der Waals surface area contributed by atoms with E-state index in [1.165, 1.54) is 25.0 Å². The Balaban J connectivity index is 1.77. The molecule has 1 aliphatic carbocycles. The van der Waals surface area contributed by atoms with Crippen molar-refractivity contribution in [2.75, 3.05) is 19.8 Å². The van der Waals surface area contributed by atoms with Crippen LogP contribution in [0.15, 0.2) is 18.2 Å². The summed E-state index contributed by atoms with van der Waals surface area (Å²) in [6.07, 6.45) is 3.28. The molecule has 1 aromatic carbocycles. The van der Waals surface area contributed by atoms with E-state index >= 15 is 0 Å². The minimum atomic E-state index is -0.474. The monoisotopic (exact) mass is 292 g/mol. The van der Waals surface area contributed by atoms with Crippen LogP contribution in [0.25, 0.3) is 0 Å². The molecule has 1 N–H and O–H groups in total. The zero-order valence-corrected chi connectivity index (χ0v) is 12.1. The molecule has 1 saturated carbocycles. The van der Waals surface area contributed by atoms with Crippen molar-refractivity contribution in [2.24, 2.45) is 5.92 Å². The van der Waals surface area contributed by atoms with E-state index in [4.69, 9.17) is 4.74 Å². The fraction of sp³-hybridized carbons (Fsp3) is 0.533. The molecule has 114 valence electrons. The van der Waals surface area contributed by atoms with Gasteiger partial charge in [-0.05, 0) is 38.2 Å². The lowest BCUT2D eigenvalue weighted by Gasteiger charge is -2.08. The minimum Gasteiger partial charge on any atom is -0.381 e. The third kappa shape index (κ3) is 4.53. The Bertz CT molecular complexity index is 526. The number of carbonyl (C=O) groups is 1. The second kappa shape index (κ2) is 7.17. The van der Waals surface area contributed by atoms with Crippen LogP contribution in [0.2, 0.25) is 0 Å². The van der Waals surface area contributed by atoms with Gasteiger partial charge in [-0.2, -0.15) is 0 Å².